The zero-order valence-electron chi connectivity index (χ0n) is 11.0. The van der Waals surface area contributed by atoms with E-state index >= 15 is 0 Å². The number of cyclic esters (lactones) is 1. The van der Waals surface area contributed by atoms with Crippen LogP contribution in [0.3, 0.4) is 0 Å². The molecule has 0 aromatic heterocycles. The fraction of sp³-hybridized carbons (Fsp3) is 0.125. The number of esters is 1. The van der Waals surface area contributed by atoms with Gasteiger partial charge in [-0.1, -0.05) is 29.8 Å². The Labute approximate surface area is 126 Å². The molecule has 0 unspecified atom stereocenters. The number of carbonyl (C=O) groups is 2. The summed E-state index contributed by atoms with van der Waals surface area (Å²) in [5, 5.41) is 3.30. The first-order valence-corrected chi connectivity index (χ1v) is 6.86. The van der Waals surface area contributed by atoms with E-state index in [0.29, 0.717) is 22.7 Å². The lowest BCUT2D eigenvalue weighted by Gasteiger charge is -2.23. The van der Waals surface area contributed by atoms with Crippen LogP contribution in [0.25, 0.3) is 0 Å². The van der Waals surface area contributed by atoms with Gasteiger partial charge in [0.05, 0.1) is 5.56 Å². The lowest BCUT2D eigenvalue weighted by atomic mass is 9.98. The van der Waals surface area contributed by atoms with Crippen molar-refractivity contribution in [2.45, 2.75) is 12.5 Å². The van der Waals surface area contributed by atoms with Crippen molar-refractivity contribution < 1.29 is 14.3 Å². The fourth-order valence-corrected chi connectivity index (χ4v) is 2.36. The van der Waals surface area contributed by atoms with Gasteiger partial charge in [0.15, 0.2) is 6.10 Å². The number of benzene rings is 2. The molecule has 0 fully saturated rings. The highest BCUT2D eigenvalue weighted by molar-refractivity contribution is 6.30. The first-order valence-electron chi connectivity index (χ1n) is 6.49. The quantitative estimate of drug-likeness (QED) is 0.867. The van der Waals surface area contributed by atoms with Crippen molar-refractivity contribution >= 4 is 29.2 Å². The molecule has 106 valence electrons. The zero-order valence-corrected chi connectivity index (χ0v) is 11.8. The molecular weight excluding hydrogens is 290 g/mol. The molecule has 1 amide bonds. The van der Waals surface area contributed by atoms with Crippen molar-refractivity contribution in [2.75, 3.05) is 5.32 Å². The standard InChI is InChI=1S/C16H12ClNO3/c17-11-5-7-12(8-6-11)18-15(19)14-9-10-3-1-2-4-13(10)16(20)21-14/h1-8,14H,9H2,(H,18,19)/t14-/m0/s1. The highest BCUT2D eigenvalue weighted by atomic mass is 35.5. The van der Waals surface area contributed by atoms with Crippen LogP contribution >= 0.6 is 11.6 Å². The number of halogens is 1. The van der Waals surface area contributed by atoms with Crippen molar-refractivity contribution in [2.24, 2.45) is 0 Å². The number of hydrogen-bond donors (Lipinski definition) is 1. The third kappa shape index (κ3) is 2.90. The van der Waals surface area contributed by atoms with Crippen molar-refractivity contribution in [3.05, 3.63) is 64.7 Å². The van der Waals surface area contributed by atoms with Gasteiger partial charge in [-0.25, -0.2) is 4.79 Å². The minimum absolute atomic E-state index is 0.347. The van der Waals surface area contributed by atoms with E-state index in [9.17, 15) is 9.59 Å². The molecule has 5 heteroatoms. The summed E-state index contributed by atoms with van der Waals surface area (Å²) in [5.74, 6) is -0.812. The number of carbonyl (C=O) groups excluding carboxylic acids is 2. The molecule has 3 rings (SSSR count). The number of fused-ring (bicyclic) bond motifs is 1. The molecule has 0 radical (unpaired) electrons. The average Bonchev–Trinajstić information content (AvgIpc) is 2.49. The molecule has 1 aliphatic rings. The summed E-state index contributed by atoms with van der Waals surface area (Å²) in [5.41, 5.74) is 1.96. The molecular formula is C16H12ClNO3. The average molecular weight is 302 g/mol. The number of anilines is 1. The number of hydrogen-bond acceptors (Lipinski definition) is 3. The Morgan fingerprint density at radius 1 is 1.14 bits per heavy atom. The summed E-state index contributed by atoms with van der Waals surface area (Å²) < 4.78 is 5.19. The normalized spacial score (nSPS) is 16.8. The summed E-state index contributed by atoms with van der Waals surface area (Å²) in [4.78, 5) is 24.1. The van der Waals surface area contributed by atoms with Crippen LogP contribution in [0.2, 0.25) is 5.02 Å². The second-order valence-corrected chi connectivity index (χ2v) is 5.19. The highest BCUT2D eigenvalue weighted by Crippen LogP contribution is 2.22. The number of amides is 1. The van der Waals surface area contributed by atoms with Crippen LogP contribution in [-0.4, -0.2) is 18.0 Å². The first kappa shape index (κ1) is 13.6. The van der Waals surface area contributed by atoms with Gasteiger partial charge < -0.3 is 10.1 Å². The maximum absolute atomic E-state index is 12.2. The number of rotatable bonds is 2. The predicted molar refractivity (Wildman–Crippen MR) is 79.4 cm³/mol. The molecule has 0 saturated heterocycles. The van der Waals surface area contributed by atoms with Crippen LogP contribution in [0, 0.1) is 0 Å². The minimum atomic E-state index is -0.817. The summed E-state index contributed by atoms with van der Waals surface area (Å²) in [6, 6.07) is 13.9. The Morgan fingerprint density at radius 2 is 1.86 bits per heavy atom. The number of ether oxygens (including phenoxy) is 1. The fourth-order valence-electron chi connectivity index (χ4n) is 2.23. The SMILES string of the molecule is O=C1O[C@H](C(=O)Nc2ccc(Cl)cc2)Cc2ccccc21. The van der Waals surface area contributed by atoms with Gasteiger partial charge in [-0.2, -0.15) is 0 Å². The molecule has 1 N–H and O–H groups in total. The van der Waals surface area contributed by atoms with Gasteiger partial charge in [-0.3, -0.25) is 4.79 Å². The van der Waals surface area contributed by atoms with E-state index in [1.165, 1.54) is 0 Å². The molecule has 0 bridgehead atoms. The maximum atomic E-state index is 12.2. The van der Waals surface area contributed by atoms with Crippen LogP contribution in [0.1, 0.15) is 15.9 Å². The van der Waals surface area contributed by atoms with Crippen LogP contribution in [0.4, 0.5) is 5.69 Å². The minimum Gasteiger partial charge on any atom is -0.448 e. The topological polar surface area (TPSA) is 55.4 Å². The summed E-state index contributed by atoms with van der Waals surface area (Å²) in [7, 11) is 0. The number of nitrogens with one attached hydrogen (secondary N) is 1. The Kier molecular flexibility index (Phi) is 3.62. The van der Waals surface area contributed by atoms with Gasteiger partial charge >= 0.3 is 5.97 Å². The first-order chi connectivity index (χ1) is 10.1. The summed E-state index contributed by atoms with van der Waals surface area (Å²) >= 11 is 5.79. The molecule has 4 nitrogen and oxygen atoms in total. The maximum Gasteiger partial charge on any atom is 0.339 e. The molecule has 0 spiro atoms. The summed E-state index contributed by atoms with van der Waals surface area (Å²) in [6.07, 6.45) is -0.440. The lowest BCUT2D eigenvalue weighted by Crippen LogP contribution is -2.37. The van der Waals surface area contributed by atoms with Gasteiger partial charge in [0.25, 0.3) is 5.91 Å². The van der Waals surface area contributed by atoms with Crippen LogP contribution in [-0.2, 0) is 16.0 Å². The van der Waals surface area contributed by atoms with Crippen molar-refractivity contribution in [3.8, 4) is 0 Å². The lowest BCUT2D eigenvalue weighted by molar-refractivity contribution is -0.125. The predicted octanol–water partition coefficient (Wildman–Crippen LogP) is 3.06. The Balaban J connectivity index is 1.75. The summed E-state index contributed by atoms with van der Waals surface area (Å²) in [6.45, 7) is 0. The van der Waals surface area contributed by atoms with E-state index in [1.807, 2.05) is 12.1 Å². The van der Waals surface area contributed by atoms with Gasteiger partial charge in [-0.15, -0.1) is 0 Å². The van der Waals surface area contributed by atoms with Gasteiger partial charge in [0, 0.05) is 17.1 Å². The second-order valence-electron chi connectivity index (χ2n) is 4.75. The third-order valence-corrected chi connectivity index (χ3v) is 3.55. The van der Waals surface area contributed by atoms with Gasteiger partial charge in [0.1, 0.15) is 0 Å². The second kappa shape index (κ2) is 5.58. The molecule has 2 aromatic rings. The van der Waals surface area contributed by atoms with E-state index in [1.54, 1.807) is 36.4 Å². The smallest absolute Gasteiger partial charge is 0.339 e. The van der Waals surface area contributed by atoms with Crippen molar-refractivity contribution in [1.82, 2.24) is 0 Å². The van der Waals surface area contributed by atoms with E-state index in [4.69, 9.17) is 16.3 Å². The zero-order chi connectivity index (χ0) is 14.8. The van der Waals surface area contributed by atoms with E-state index in [-0.39, 0.29) is 5.91 Å². The van der Waals surface area contributed by atoms with E-state index < -0.39 is 12.1 Å². The van der Waals surface area contributed by atoms with E-state index in [2.05, 4.69) is 5.32 Å². The van der Waals surface area contributed by atoms with Gasteiger partial charge in [-0.05, 0) is 35.9 Å². The molecule has 21 heavy (non-hydrogen) atoms. The molecule has 1 aliphatic heterocycles. The molecule has 0 aliphatic carbocycles. The molecule has 1 atom stereocenters. The monoisotopic (exact) mass is 301 g/mol. The molecule has 0 saturated carbocycles. The Morgan fingerprint density at radius 3 is 2.62 bits per heavy atom. The van der Waals surface area contributed by atoms with Crippen molar-refractivity contribution in [1.29, 1.82) is 0 Å². The largest absolute Gasteiger partial charge is 0.448 e. The Bertz CT molecular complexity index is 697. The Hall–Kier alpha value is -2.33. The molecule has 2 aromatic carbocycles. The third-order valence-electron chi connectivity index (χ3n) is 3.30. The van der Waals surface area contributed by atoms with Crippen molar-refractivity contribution in [3.63, 3.8) is 0 Å². The van der Waals surface area contributed by atoms with E-state index in [0.717, 1.165) is 5.56 Å². The van der Waals surface area contributed by atoms with Crippen LogP contribution < -0.4 is 5.32 Å². The highest BCUT2D eigenvalue weighted by Gasteiger charge is 2.30. The van der Waals surface area contributed by atoms with Crippen LogP contribution in [0.5, 0.6) is 0 Å². The molecule has 1 heterocycles. The van der Waals surface area contributed by atoms with Gasteiger partial charge in [0.2, 0.25) is 0 Å². The van der Waals surface area contributed by atoms with Crippen LogP contribution in [0.15, 0.2) is 48.5 Å².